The summed E-state index contributed by atoms with van der Waals surface area (Å²) in [6, 6.07) is 9.44. The van der Waals surface area contributed by atoms with E-state index in [1.807, 2.05) is 0 Å². The first-order chi connectivity index (χ1) is 14.5. The molecule has 2 aliphatic heterocycles. The van der Waals surface area contributed by atoms with Crippen molar-refractivity contribution in [3.8, 4) is 0 Å². The van der Waals surface area contributed by atoms with Gasteiger partial charge in [0.2, 0.25) is 0 Å². The lowest BCUT2D eigenvalue weighted by molar-refractivity contribution is -0.143. The van der Waals surface area contributed by atoms with E-state index in [1.54, 1.807) is 0 Å². The molecule has 10 heteroatoms. The van der Waals surface area contributed by atoms with E-state index in [2.05, 4.69) is 0 Å². The molecule has 4 nitrogen and oxygen atoms in total. The van der Waals surface area contributed by atoms with Gasteiger partial charge in [-0.1, -0.05) is 36.4 Å². The number of benzene rings is 2. The van der Waals surface area contributed by atoms with Crippen molar-refractivity contribution < 1.29 is 40.9 Å². The second kappa shape index (κ2) is 7.47. The fraction of sp³-hybridized carbons (Fsp3) is 0.429. The summed E-state index contributed by atoms with van der Waals surface area (Å²) in [6.45, 7) is 1.01. The first kappa shape index (κ1) is 22.1. The molecule has 2 aromatic carbocycles. The van der Waals surface area contributed by atoms with Crippen molar-refractivity contribution in [2.75, 3.05) is 13.2 Å². The van der Waals surface area contributed by atoms with Crippen LogP contribution in [-0.4, -0.2) is 34.9 Å². The zero-order valence-electron chi connectivity index (χ0n) is 16.2. The molecule has 1 N–H and O–H groups in total. The second-order valence-electron chi connectivity index (χ2n) is 7.68. The Morgan fingerprint density at radius 2 is 1.23 bits per heavy atom. The van der Waals surface area contributed by atoms with Crippen LogP contribution in [0.2, 0.25) is 0 Å². The summed E-state index contributed by atoms with van der Waals surface area (Å²) in [4.78, 5) is 1.30. The van der Waals surface area contributed by atoms with E-state index in [4.69, 9.17) is 9.47 Å². The van der Waals surface area contributed by atoms with Gasteiger partial charge < -0.3 is 14.6 Å². The SMILES string of the molecule is CC(O)C12COC(c3ccccc3C(F)(F)F)N1C(c1ccccc1C(F)(F)F)OC2. The highest BCUT2D eigenvalue weighted by Gasteiger charge is 2.60. The third-order valence-corrected chi connectivity index (χ3v) is 5.84. The zero-order chi connectivity index (χ0) is 22.6. The summed E-state index contributed by atoms with van der Waals surface area (Å²) in [7, 11) is 0. The molecule has 3 unspecified atom stereocenters. The number of ether oxygens (including phenoxy) is 2. The van der Waals surface area contributed by atoms with Gasteiger partial charge in [-0.15, -0.1) is 0 Å². The van der Waals surface area contributed by atoms with E-state index in [1.165, 1.54) is 48.2 Å². The number of hydrogen-bond donors (Lipinski definition) is 1. The van der Waals surface area contributed by atoms with Crippen molar-refractivity contribution in [1.82, 2.24) is 4.90 Å². The van der Waals surface area contributed by atoms with Crippen LogP contribution >= 0.6 is 0 Å². The maximum Gasteiger partial charge on any atom is 0.416 e. The molecule has 2 aromatic rings. The lowest BCUT2D eigenvalue weighted by Gasteiger charge is -2.37. The number of fused-ring (bicyclic) bond motifs is 1. The molecule has 4 rings (SSSR count). The Kier molecular flexibility index (Phi) is 5.32. The number of alkyl halides is 6. The fourth-order valence-electron chi connectivity index (χ4n) is 4.27. The molecule has 0 saturated carbocycles. The van der Waals surface area contributed by atoms with Crippen LogP contribution in [0, 0.1) is 0 Å². The van der Waals surface area contributed by atoms with E-state index in [0.29, 0.717) is 0 Å². The lowest BCUT2D eigenvalue weighted by Crippen LogP contribution is -2.52. The van der Waals surface area contributed by atoms with Gasteiger partial charge in [0.05, 0.1) is 36.0 Å². The summed E-state index contributed by atoms with van der Waals surface area (Å²) in [5.74, 6) is 0. The molecule has 0 aromatic heterocycles. The molecule has 0 radical (unpaired) electrons. The van der Waals surface area contributed by atoms with Gasteiger partial charge in [0, 0.05) is 11.1 Å². The highest BCUT2D eigenvalue weighted by molar-refractivity contribution is 5.36. The first-order valence-electron chi connectivity index (χ1n) is 9.49. The number of rotatable bonds is 3. The Labute approximate surface area is 174 Å². The van der Waals surface area contributed by atoms with Crippen molar-refractivity contribution in [2.45, 2.75) is 43.4 Å². The average molecular weight is 447 g/mol. The molecule has 2 aliphatic rings. The molecule has 0 amide bonds. The molecule has 0 spiro atoms. The minimum Gasteiger partial charge on any atom is -0.391 e. The molecule has 0 bridgehead atoms. The quantitative estimate of drug-likeness (QED) is 0.680. The summed E-state index contributed by atoms with van der Waals surface area (Å²) < 4.78 is 93.2. The number of nitrogens with zero attached hydrogens (tertiary/aromatic N) is 1. The molecule has 2 saturated heterocycles. The van der Waals surface area contributed by atoms with Crippen LogP contribution in [-0.2, 0) is 21.8 Å². The Morgan fingerprint density at radius 3 is 1.58 bits per heavy atom. The van der Waals surface area contributed by atoms with Gasteiger partial charge >= 0.3 is 12.4 Å². The smallest absolute Gasteiger partial charge is 0.391 e. The Balaban J connectivity index is 1.86. The molecule has 0 aliphatic carbocycles. The third-order valence-electron chi connectivity index (χ3n) is 5.84. The van der Waals surface area contributed by atoms with Crippen LogP contribution in [0.4, 0.5) is 26.3 Å². The molecule has 2 heterocycles. The number of aliphatic hydroxyl groups excluding tert-OH is 1. The highest BCUT2D eigenvalue weighted by atomic mass is 19.4. The van der Waals surface area contributed by atoms with Gasteiger partial charge in [0.15, 0.2) is 0 Å². The summed E-state index contributed by atoms with van der Waals surface area (Å²) in [5, 5.41) is 10.5. The van der Waals surface area contributed by atoms with Crippen molar-refractivity contribution in [1.29, 1.82) is 0 Å². The standard InChI is InChI=1S/C21H19F6NO3/c1-12(29)19-10-30-17(13-6-2-4-8-15(13)20(22,23)24)28(19)18(31-11-19)14-7-3-5-9-16(14)21(25,26)27/h2-9,12,17-18,29H,10-11H2,1H3. The van der Waals surface area contributed by atoms with Gasteiger partial charge in [0.25, 0.3) is 0 Å². The lowest BCUT2D eigenvalue weighted by atomic mass is 9.93. The predicted octanol–water partition coefficient (Wildman–Crippen LogP) is 4.90. The van der Waals surface area contributed by atoms with Gasteiger partial charge in [-0.05, 0) is 19.1 Å². The van der Waals surface area contributed by atoms with Gasteiger partial charge in [0.1, 0.15) is 12.5 Å². The maximum absolute atomic E-state index is 13.6. The highest BCUT2D eigenvalue weighted by Crippen LogP contribution is 2.53. The third kappa shape index (κ3) is 3.61. The molecule has 3 atom stereocenters. The topological polar surface area (TPSA) is 41.9 Å². The van der Waals surface area contributed by atoms with Crippen LogP contribution in [0.1, 0.15) is 41.6 Å². The van der Waals surface area contributed by atoms with Crippen LogP contribution in [0.25, 0.3) is 0 Å². The van der Waals surface area contributed by atoms with Crippen molar-refractivity contribution in [2.24, 2.45) is 0 Å². The zero-order valence-corrected chi connectivity index (χ0v) is 16.2. The van der Waals surface area contributed by atoms with E-state index >= 15 is 0 Å². The molecule has 168 valence electrons. The van der Waals surface area contributed by atoms with Crippen molar-refractivity contribution >= 4 is 0 Å². The largest absolute Gasteiger partial charge is 0.416 e. The summed E-state index contributed by atoms with van der Waals surface area (Å²) in [5.41, 5.74) is -3.73. The van der Waals surface area contributed by atoms with E-state index in [9.17, 15) is 31.4 Å². The average Bonchev–Trinajstić information content (AvgIpc) is 3.25. The van der Waals surface area contributed by atoms with E-state index in [0.717, 1.165) is 12.1 Å². The first-order valence-corrected chi connectivity index (χ1v) is 9.49. The van der Waals surface area contributed by atoms with E-state index in [-0.39, 0.29) is 24.3 Å². The van der Waals surface area contributed by atoms with Crippen LogP contribution in [0.5, 0.6) is 0 Å². The molecular weight excluding hydrogens is 428 g/mol. The monoisotopic (exact) mass is 447 g/mol. The molecule has 31 heavy (non-hydrogen) atoms. The molecular formula is C21H19F6NO3. The minimum atomic E-state index is -4.70. The van der Waals surface area contributed by atoms with Gasteiger partial charge in [-0.3, -0.25) is 0 Å². The van der Waals surface area contributed by atoms with Crippen molar-refractivity contribution in [3.63, 3.8) is 0 Å². The van der Waals surface area contributed by atoms with E-state index < -0.39 is 47.6 Å². The number of aliphatic hydroxyl groups is 1. The van der Waals surface area contributed by atoms with Gasteiger partial charge in [-0.25, -0.2) is 4.90 Å². The van der Waals surface area contributed by atoms with Crippen LogP contribution < -0.4 is 0 Å². The Morgan fingerprint density at radius 1 is 0.839 bits per heavy atom. The normalized spacial score (nSPS) is 28.0. The Bertz CT molecular complexity index is 889. The summed E-state index contributed by atoms with van der Waals surface area (Å²) >= 11 is 0. The Hall–Kier alpha value is -2.14. The van der Waals surface area contributed by atoms with Crippen LogP contribution in [0.3, 0.4) is 0 Å². The number of halogens is 6. The fourth-order valence-corrected chi connectivity index (χ4v) is 4.27. The van der Waals surface area contributed by atoms with Crippen molar-refractivity contribution in [3.05, 3.63) is 70.8 Å². The van der Waals surface area contributed by atoms with Crippen LogP contribution in [0.15, 0.2) is 48.5 Å². The predicted molar refractivity (Wildman–Crippen MR) is 96.5 cm³/mol. The second-order valence-corrected chi connectivity index (χ2v) is 7.68. The summed E-state index contributed by atoms with van der Waals surface area (Å²) in [6.07, 6.45) is -13.3. The maximum atomic E-state index is 13.6. The van der Waals surface area contributed by atoms with Gasteiger partial charge in [-0.2, -0.15) is 26.3 Å². The number of hydrogen-bond acceptors (Lipinski definition) is 4. The molecule has 2 fully saturated rings. The minimum absolute atomic E-state index is 0.202.